The maximum atomic E-state index is 5.89. The third kappa shape index (κ3) is 2.72. The number of nitrogens with zero attached hydrogens (tertiary/aromatic N) is 3. The Labute approximate surface area is 102 Å². The van der Waals surface area contributed by atoms with Crippen molar-refractivity contribution >= 4 is 5.82 Å². The summed E-state index contributed by atoms with van der Waals surface area (Å²) in [4.78, 5) is 0. The molecule has 0 aromatic carbocycles. The molecular weight excluding hydrogens is 214 g/mol. The van der Waals surface area contributed by atoms with E-state index in [9.17, 15) is 0 Å². The van der Waals surface area contributed by atoms with Gasteiger partial charge in [-0.3, -0.25) is 0 Å². The van der Waals surface area contributed by atoms with Crippen LogP contribution in [-0.2, 0) is 0 Å². The van der Waals surface area contributed by atoms with Crippen molar-refractivity contribution in [3.63, 3.8) is 0 Å². The van der Waals surface area contributed by atoms with Crippen molar-refractivity contribution in [3.8, 4) is 0 Å². The van der Waals surface area contributed by atoms with Crippen LogP contribution in [-0.4, -0.2) is 26.5 Å². The van der Waals surface area contributed by atoms with Gasteiger partial charge in [-0.1, -0.05) is 0 Å². The van der Waals surface area contributed by atoms with Gasteiger partial charge in [0.2, 0.25) is 0 Å². The minimum Gasteiger partial charge on any atom is -0.382 e. The minimum absolute atomic E-state index is 0.0993. The van der Waals surface area contributed by atoms with Crippen LogP contribution in [0.1, 0.15) is 52.0 Å². The predicted octanol–water partition coefficient (Wildman–Crippen LogP) is 1.48. The Bertz CT molecular complexity index is 397. The number of anilines is 1. The molecule has 0 aliphatic carbocycles. The van der Waals surface area contributed by atoms with Crippen LogP contribution >= 0.6 is 0 Å². The Morgan fingerprint density at radius 3 is 2.35 bits per heavy atom. The highest BCUT2D eigenvalue weighted by molar-refractivity contribution is 5.39. The standard InChI is InChI=1S/C12H21N5/c1-11(2)5-8(6-12(3,4)16-11)9-7-14-17-15-10(9)13/h7-8,16H,5-6H2,1-4H3,(H2,13,14,15). The first-order valence-corrected chi connectivity index (χ1v) is 6.02. The summed E-state index contributed by atoms with van der Waals surface area (Å²) in [6, 6.07) is 0. The molecule has 1 saturated heterocycles. The lowest BCUT2D eigenvalue weighted by molar-refractivity contribution is 0.161. The Morgan fingerprint density at radius 1 is 1.24 bits per heavy atom. The highest BCUT2D eigenvalue weighted by atomic mass is 15.3. The minimum atomic E-state index is 0.0993. The van der Waals surface area contributed by atoms with Gasteiger partial charge in [-0.2, -0.15) is 0 Å². The molecule has 1 aliphatic rings. The molecule has 1 aromatic rings. The normalized spacial score (nSPS) is 23.5. The highest BCUT2D eigenvalue weighted by Gasteiger charge is 2.39. The molecule has 5 heteroatoms. The molecule has 1 fully saturated rings. The van der Waals surface area contributed by atoms with E-state index in [1.165, 1.54) is 0 Å². The highest BCUT2D eigenvalue weighted by Crippen LogP contribution is 2.39. The van der Waals surface area contributed by atoms with Gasteiger partial charge in [-0.05, 0) is 51.7 Å². The number of hydrogen-bond acceptors (Lipinski definition) is 5. The van der Waals surface area contributed by atoms with E-state index in [1.54, 1.807) is 6.20 Å². The quantitative estimate of drug-likeness (QED) is 0.771. The Kier molecular flexibility index (Phi) is 2.81. The second-order valence-electron chi connectivity index (χ2n) is 6.27. The van der Waals surface area contributed by atoms with Crippen LogP contribution in [0.5, 0.6) is 0 Å². The van der Waals surface area contributed by atoms with Crippen LogP contribution in [0.2, 0.25) is 0 Å². The number of nitrogens with two attached hydrogens (primary N) is 1. The van der Waals surface area contributed by atoms with Crippen molar-refractivity contribution in [1.82, 2.24) is 20.7 Å². The van der Waals surface area contributed by atoms with Gasteiger partial charge in [-0.15, -0.1) is 10.2 Å². The predicted molar refractivity (Wildman–Crippen MR) is 67.5 cm³/mol. The fourth-order valence-electron chi connectivity index (χ4n) is 3.14. The summed E-state index contributed by atoms with van der Waals surface area (Å²) in [5.41, 5.74) is 7.12. The van der Waals surface area contributed by atoms with Gasteiger partial charge in [-0.25, -0.2) is 0 Å². The lowest BCUT2D eigenvalue weighted by Crippen LogP contribution is -2.57. The average Bonchev–Trinajstić information content (AvgIpc) is 2.13. The molecule has 0 unspecified atom stereocenters. The second kappa shape index (κ2) is 3.91. The molecular formula is C12H21N5. The maximum absolute atomic E-state index is 5.89. The molecule has 2 heterocycles. The molecule has 2 rings (SSSR count). The summed E-state index contributed by atoms with van der Waals surface area (Å²) >= 11 is 0. The number of piperidine rings is 1. The third-order valence-electron chi connectivity index (χ3n) is 3.33. The van der Waals surface area contributed by atoms with Gasteiger partial charge in [0.15, 0.2) is 5.82 Å². The molecule has 17 heavy (non-hydrogen) atoms. The zero-order valence-electron chi connectivity index (χ0n) is 11.0. The van der Waals surface area contributed by atoms with Crippen LogP contribution in [0.4, 0.5) is 5.82 Å². The molecule has 0 spiro atoms. The van der Waals surface area contributed by atoms with Gasteiger partial charge in [0.05, 0.1) is 6.20 Å². The number of hydrogen-bond donors (Lipinski definition) is 2. The van der Waals surface area contributed by atoms with Gasteiger partial charge in [0.1, 0.15) is 0 Å². The van der Waals surface area contributed by atoms with Crippen LogP contribution < -0.4 is 11.1 Å². The Hall–Kier alpha value is -1.23. The number of aromatic nitrogens is 3. The summed E-state index contributed by atoms with van der Waals surface area (Å²) < 4.78 is 0. The van der Waals surface area contributed by atoms with Crippen molar-refractivity contribution in [2.75, 3.05) is 5.73 Å². The number of nitrogens with one attached hydrogen (secondary N) is 1. The van der Waals surface area contributed by atoms with Crippen molar-refractivity contribution in [2.45, 2.75) is 57.5 Å². The summed E-state index contributed by atoms with van der Waals surface area (Å²) in [5, 5.41) is 14.9. The van der Waals surface area contributed by atoms with E-state index in [2.05, 4.69) is 48.4 Å². The van der Waals surface area contributed by atoms with E-state index in [4.69, 9.17) is 5.73 Å². The molecule has 0 atom stereocenters. The topological polar surface area (TPSA) is 76.7 Å². The summed E-state index contributed by atoms with van der Waals surface area (Å²) in [6.45, 7) is 8.89. The summed E-state index contributed by atoms with van der Waals surface area (Å²) in [6.07, 6.45) is 3.83. The number of nitrogen functional groups attached to an aromatic ring is 1. The lowest BCUT2D eigenvalue weighted by atomic mass is 9.73. The second-order valence-corrected chi connectivity index (χ2v) is 6.27. The van der Waals surface area contributed by atoms with E-state index >= 15 is 0 Å². The first kappa shape index (κ1) is 12.2. The van der Waals surface area contributed by atoms with Crippen molar-refractivity contribution in [1.29, 1.82) is 0 Å². The summed E-state index contributed by atoms with van der Waals surface area (Å²) in [7, 11) is 0. The van der Waals surface area contributed by atoms with Crippen LogP contribution in [0.25, 0.3) is 0 Å². The van der Waals surface area contributed by atoms with E-state index in [-0.39, 0.29) is 11.1 Å². The zero-order chi connectivity index (χ0) is 12.7. The Morgan fingerprint density at radius 2 is 1.82 bits per heavy atom. The molecule has 5 nitrogen and oxygen atoms in total. The van der Waals surface area contributed by atoms with Crippen molar-refractivity contribution in [3.05, 3.63) is 11.8 Å². The molecule has 0 bridgehead atoms. The van der Waals surface area contributed by atoms with Crippen molar-refractivity contribution in [2.24, 2.45) is 0 Å². The molecule has 0 radical (unpaired) electrons. The first-order valence-electron chi connectivity index (χ1n) is 6.02. The fourth-order valence-corrected chi connectivity index (χ4v) is 3.14. The average molecular weight is 235 g/mol. The van der Waals surface area contributed by atoms with Gasteiger partial charge in [0, 0.05) is 16.6 Å². The first-order chi connectivity index (χ1) is 7.79. The molecule has 94 valence electrons. The van der Waals surface area contributed by atoms with E-state index < -0.39 is 0 Å². The molecule has 0 amide bonds. The van der Waals surface area contributed by atoms with E-state index in [0.29, 0.717) is 11.7 Å². The van der Waals surface area contributed by atoms with Crippen LogP contribution in [0, 0.1) is 0 Å². The maximum Gasteiger partial charge on any atom is 0.152 e. The largest absolute Gasteiger partial charge is 0.382 e. The van der Waals surface area contributed by atoms with Gasteiger partial charge >= 0.3 is 0 Å². The Balaban J connectivity index is 2.30. The van der Waals surface area contributed by atoms with Gasteiger partial charge in [0.25, 0.3) is 0 Å². The van der Waals surface area contributed by atoms with Crippen LogP contribution in [0.15, 0.2) is 6.20 Å². The lowest BCUT2D eigenvalue weighted by Gasteiger charge is -2.46. The SMILES string of the molecule is CC1(C)CC(c2cnnnc2N)CC(C)(C)N1. The molecule has 1 aliphatic heterocycles. The number of rotatable bonds is 1. The molecule has 1 aromatic heterocycles. The van der Waals surface area contributed by atoms with Gasteiger partial charge < -0.3 is 11.1 Å². The monoisotopic (exact) mass is 235 g/mol. The molecule has 3 N–H and O–H groups in total. The molecule has 0 saturated carbocycles. The van der Waals surface area contributed by atoms with E-state index in [0.717, 1.165) is 18.4 Å². The third-order valence-corrected chi connectivity index (χ3v) is 3.33. The smallest absolute Gasteiger partial charge is 0.152 e. The fraction of sp³-hybridized carbons (Fsp3) is 0.750. The van der Waals surface area contributed by atoms with Crippen LogP contribution in [0.3, 0.4) is 0 Å². The zero-order valence-corrected chi connectivity index (χ0v) is 11.0. The summed E-state index contributed by atoms with van der Waals surface area (Å²) in [5.74, 6) is 0.905. The van der Waals surface area contributed by atoms with E-state index in [1.807, 2.05) is 0 Å². The van der Waals surface area contributed by atoms with Crippen molar-refractivity contribution < 1.29 is 0 Å².